The average Bonchev–Trinajstić information content (AvgIpc) is 3.25. The molecule has 4 heterocycles. The van der Waals surface area contributed by atoms with Gasteiger partial charge in [0.1, 0.15) is 11.5 Å². The lowest BCUT2D eigenvalue weighted by Crippen LogP contribution is -2.36. The SMILES string of the molecule is O=S(O)CN1CCC(Cn2cc(-c3ccnc4[nH]ccc34)cn2)CC1. The zero-order valence-corrected chi connectivity index (χ0v) is 14.7. The number of nitrogens with zero attached hydrogens (tertiary/aromatic N) is 4. The number of aromatic amines is 1. The topological polar surface area (TPSA) is 87.0 Å². The molecule has 0 spiro atoms. The van der Waals surface area contributed by atoms with Crippen molar-refractivity contribution in [3.05, 3.63) is 36.9 Å². The van der Waals surface area contributed by atoms with Crippen LogP contribution in [-0.2, 0) is 17.6 Å². The van der Waals surface area contributed by atoms with Gasteiger partial charge in [-0.3, -0.25) is 9.58 Å². The molecule has 0 radical (unpaired) electrons. The molecule has 0 aromatic carbocycles. The van der Waals surface area contributed by atoms with Gasteiger partial charge in [0.25, 0.3) is 0 Å². The summed E-state index contributed by atoms with van der Waals surface area (Å²) in [4.78, 5) is 9.52. The Balaban J connectivity index is 1.42. The lowest BCUT2D eigenvalue weighted by atomic mass is 9.97. The average molecular weight is 359 g/mol. The second kappa shape index (κ2) is 7.07. The first-order valence-electron chi connectivity index (χ1n) is 8.44. The van der Waals surface area contributed by atoms with Crippen molar-refractivity contribution in [1.29, 1.82) is 0 Å². The zero-order valence-electron chi connectivity index (χ0n) is 13.8. The minimum atomic E-state index is -1.74. The van der Waals surface area contributed by atoms with Crippen molar-refractivity contribution in [2.24, 2.45) is 5.92 Å². The monoisotopic (exact) mass is 359 g/mol. The number of nitrogens with one attached hydrogen (secondary N) is 1. The molecule has 2 N–H and O–H groups in total. The van der Waals surface area contributed by atoms with E-state index in [1.54, 1.807) is 0 Å². The van der Waals surface area contributed by atoms with E-state index in [-0.39, 0.29) is 5.88 Å². The van der Waals surface area contributed by atoms with Crippen molar-refractivity contribution in [2.75, 3.05) is 19.0 Å². The minimum Gasteiger partial charge on any atom is -0.346 e. The number of pyridine rings is 1. The maximum absolute atomic E-state index is 10.9. The fourth-order valence-electron chi connectivity index (χ4n) is 3.53. The van der Waals surface area contributed by atoms with Crippen LogP contribution in [0.4, 0.5) is 0 Å². The van der Waals surface area contributed by atoms with Crippen molar-refractivity contribution in [2.45, 2.75) is 19.4 Å². The third-order valence-corrected chi connectivity index (χ3v) is 5.44. The van der Waals surface area contributed by atoms with Gasteiger partial charge in [0.05, 0.1) is 6.20 Å². The Bertz CT molecular complexity index is 882. The number of aromatic nitrogens is 4. The second-order valence-electron chi connectivity index (χ2n) is 6.56. The number of hydrogen-bond donors (Lipinski definition) is 2. The van der Waals surface area contributed by atoms with E-state index in [0.29, 0.717) is 5.92 Å². The molecular formula is C17H21N5O2S. The normalized spacial score (nSPS) is 18.0. The Morgan fingerprint density at radius 1 is 1.32 bits per heavy atom. The highest BCUT2D eigenvalue weighted by molar-refractivity contribution is 7.79. The van der Waals surface area contributed by atoms with Gasteiger partial charge < -0.3 is 9.54 Å². The van der Waals surface area contributed by atoms with Gasteiger partial charge in [0, 0.05) is 36.1 Å². The van der Waals surface area contributed by atoms with Gasteiger partial charge in [-0.1, -0.05) is 0 Å². The Morgan fingerprint density at radius 3 is 2.96 bits per heavy atom. The highest BCUT2D eigenvalue weighted by Crippen LogP contribution is 2.27. The quantitative estimate of drug-likeness (QED) is 0.683. The first kappa shape index (κ1) is 16.4. The van der Waals surface area contributed by atoms with E-state index in [0.717, 1.165) is 54.6 Å². The van der Waals surface area contributed by atoms with Gasteiger partial charge in [-0.15, -0.1) is 0 Å². The van der Waals surface area contributed by atoms with Crippen molar-refractivity contribution < 1.29 is 8.76 Å². The van der Waals surface area contributed by atoms with Crippen LogP contribution in [0.1, 0.15) is 12.8 Å². The molecule has 132 valence electrons. The number of rotatable bonds is 5. The molecule has 25 heavy (non-hydrogen) atoms. The van der Waals surface area contributed by atoms with Crippen molar-refractivity contribution in [1.82, 2.24) is 24.6 Å². The summed E-state index contributed by atoms with van der Waals surface area (Å²) >= 11 is -1.74. The molecule has 1 fully saturated rings. The summed E-state index contributed by atoms with van der Waals surface area (Å²) in [6.45, 7) is 2.64. The molecular weight excluding hydrogens is 338 g/mol. The van der Waals surface area contributed by atoms with Crippen LogP contribution < -0.4 is 0 Å². The largest absolute Gasteiger partial charge is 0.346 e. The summed E-state index contributed by atoms with van der Waals surface area (Å²) in [5.41, 5.74) is 3.12. The maximum atomic E-state index is 10.9. The van der Waals surface area contributed by atoms with Gasteiger partial charge in [-0.2, -0.15) is 5.10 Å². The standard InChI is InChI=1S/C17H21N5O2S/c23-25(24)12-21-7-3-13(4-8-21)10-22-11-14(9-20-22)15-1-5-18-17-16(15)2-6-19-17/h1-2,5-6,9,11,13H,3-4,7-8,10,12H2,(H,18,19)(H,23,24). The molecule has 0 saturated carbocycles. The Hall–Kier alpha value is -2.03. The molecule has 1 unspecified atom stereocenters. The molecule has 4 rings (SSSR count). The fourth-order valence-corrected chi connectivity index (χ4v) is 4.10. The molecule has 0 aliphatic carbocycles. The number of likely N-dealkylation sites (tertiary alicyclic amines) is 1. The molecule has 1 saturated heterocycles. The first-order chi connectivity index (χ1) is 12.2. The van der Waals surface area contributed by atoms with E-state index in [4.69, 9.17) is 4.55 Å². The molecule has 8 heteroatoms. The minimum absolute atomic E-state index is 0.257. The lowest BCUT2D eigenvalue weighted by molar-refractivity contribution is 0.191. The van der Waals surface area contributed by atoms with Crippen LogP contribution in [0.2, 0.25) is 0 Å². The Labute approximate surface area is 148 Å². The van der Waals surface area contributed by atoms with E-state index in [9.17, 15) is 4.21 Å². The highest BCUT2D eigenvalue weighted by Gasteiger charge is 2.21. The number of H-pyrrole nitrogens is 1. The third-order valence-electron chi connectivity index (χ3n) is 4.85. The molecule has 3 aromatic rings. The molecule has 1 atom stereocenters. The summed E-state index contributed by atoms with van der Waals surface area (Å²) in [5.74, 6) is 0.814. The van der Waals surface area contributed by atoms with Crippen molar-refractivity contribution in [3.8, 4) is 11.1 Å². The molecule has 0 bridgehead atoms. The number of hydrogen-bond acceptors (Lipinski definition) is 4. The molecule has 0 amide bonds. The predicted molar refractivity (Wildman–Crippen MR) is 97.2 cm³/mol. The summed E-state index contributed by atoms with van der Waals surface area (Å²) < 4.78 is 21.9. The summed E-state index contributed by atoms with van der Waals surface area (Å²) in [5, 5.41) is 5.63. The van der Waals surface area contributed by atoms with Crippen LogP contribution >= 0.6 is 0 Å². The van der Waals surface area contributed by atoms with Crippen LogP contribution in [0, 0.1) is 5.92 Å². The first-order valence-corrected chi connectivity index (χ1v) is 9.71. The van der Waals surface area contributed by atoms with Crippen LogP contribution in [-0.4, -0.2) is 52.4 Å². The molecule has 1 aliphatic rings. The van der Waals surface area contributed by atoms with E-state index >= 15 is 0 Å². The van der Waals surface area contributed by atoms with Crippen LogP contribution in [0.5, 0.6) is 0 Å². The van der Waals surface area contributed by atoms with Crippen LogP contribution in [0.3, 0.4) is 0 Å². The van der Waals surface area contributed by atoms with E-state index in [1.165, 1.54) is 0 Å². The van der Waals surface area contributed by atoms with Gasteiger partial charge in [0.2, 0.25) is 0 Å². The van der Waals surface area contributed by atoms with E-state index in [1.807, 2.05) is 35.4 Å². The Morgan fingerprint density at radius 2 is 2.16 bits per heavy atom. The highest BCUT2D eigenvalue weighted by atomic mass is 32.2. The fraction of sp³-hybridized carbons (Fsp3) is 0.412. The van der Waals surface area contributed by atoms with Gasteiger partial charge in [0.15, 0.2) is 11.1 Å². The third kappa shape index (κ3) is 3.65. The van der Waals surface area contributed by atoms with Crippen LogP contribution in [0.15, 0.2) is 36.9 Å². The molecule has 1 aliphatic heterocycles. The summed E-state index contributed by atoms with van der Waals surface area (Å²) in [6.07, 6.45) is 9.78. The lowest BCUT2D eigenvalue weighted by Gasteiger charge is -2.30. The van der Waals surface area contributed by atoms with E-state index < -0.39 is 11.1 Å². The van der Waals surface area contributed by atoms with E-state index in [2.05, 4.69) is 26.2 Å². The smallest absolute Gasteiger partial charge is 0.167 e. The summed E-state index contributed by atoms with van der Waals surface area (Å²) in [6, 6.07) is 4.06. The Kier molecular flexibility index (Phi) is 4.65. The molecule has 3 aromatic heterocycles. The van der Waals surface area contributed by atoms with Crippen molar-refractivity contribution >= 4 is 22.1 Å². The summed E-state index contributed by atoms with van der Waals surface area (Å²) in [7, 11) is 0. The van der Waals surface area contributed by atoms with Gasteiger partial charge in [-0.25, -0.2) is 9.19 Å². The predicted octanol–water partition coefficient (Wildman–Crippen LogP) is 2.32. The molecule has 7 nitrogen and oxygen atoms in total. The van der Waals surface area contributed by atoms with Gasteiger partial charge in [-0.05, 0) is 49.5 Å². The van der Waals surface area contributed by atoms with Crippen molar-refractivity contribution in [3.63, 3.8) is 0 Å². The van der Waals surface area contributed by atoms with Crippen LogP contribution in [0.25, 0.3) is 22.2 Å². The maximum Gasteiger partial charge on any atom is 0.167 e. The zero-order chi connectivity index (χ0) is 17.2. The number of fused-ring (bicyclic) bond motifs is 1. The van der Waals surface area contributed by atoms with Gasteiger partial charge >= 0.3 is 0 Å². The number of piperidine rings is 1. The second-order valence-corrected chi connectivity index (χ2v) is 7.46.